The van der Waals surface area contributed by atoms with Crippen LogP contribution in [0.25, 0.3) is 17.0 Å². The summed E-state index contributed by atoms with van der Waals surface area (Å²) in [5, 5.41) is 9.45. The molecule has 3 nitrogen and oxygen atoms in total. The Balaban J connectivity index is 2.39. The third-order valence-electron chi connectivity index (χ3n) is 1.90. The molecule has 1 N–H and O–H groups in total. The number of benzene rings is 1. The zero-order valence-corrected chi connectivity index (χ0v) is 7.31. The van der Waals surface area contributed by atoms with E-state index >= 15 is 0 Å². The lowest BCUT2D eigenvalue weighted by atomic mass is 10.1. The van der Waals surface area contributed by atoms with Crippen molar-refractivity contribution in [3.05, 3.63) is 42.2 Å². The minimum Gasteiger partial charge on any atom is -0.478 e. The second kappa shape index (κ2) is 3.38. The maximum atomic E-state index is 10.3. The van der Waals surface area contributed by atoms with E-state index in [1.807, 2.05) is 18.2 Å². The zero-order chi connectivity index (χ0) is 9.97. The van der Waals surface area contributed by atoms with Gasteiger partial charge in [0.05, 0.1) is 6.26 Å². The van der Waals surface area contributed by atoms with Crippen LogP contribution in [0, 0.1) is 0 Å². The molecule has 0 saturated carbocycles. The van der Waals surface area contributed by atoms with Gasteiger partial charge in [0.2, 0.25) is 0 Å². The highest BCUT2D eigenvalue weighted by Crippen LogP contribution is 2.17. The lowest BCUT2D eigenvalue weighted by Crippen LogP contribution is -1.85. The number of hydrogen-bond donors (Lipinski definition) is 1. The summed E-state index contributed by atoms with van der Waals surface area (Å²) >= 11 is 0. The minimum atomic E-state index is -0.954. The van der Waals surface area contributed by atoms with Gasteiger partial charge in [-0.3, -0.25) is 0 Å². The standard InChI is InChI=1S/C11H8O3/c12-11(13)4-2-8-1-3-9-5-6-14-10(9)7-8/h1-7H,(H,12,13)/b4-2+. The zero-order valence-electron chi connectivity index (χ0n) is 7.31. The van der Waals surface area contributed by atoms with Crippen molar-refractivity contribution in [1.82, 2.24) is 0 Å². The molecule has 14 heavy (non-hydrogen) atoms. The number of furan rings is 1. The number of carboxylic acid groups (broad SMARTS) is 1. The fourth-order valence-electron chi connectivity index (χ4n) is 1.24. The Kier molecular flexibility index (Phi) is 2.07. The van der Waals surface area contributed by atoms with Gasteiger partial charge in [0.15, 0.2) is 0 Å². The van der Waals surface area contributed by atoms with E-state index in [4.69, 9.17) is 9.52 Å². The minimum absolute atomic E-state index is 0.762. The fraction of sp³-hybridized carbons (Fsp3) is 0. The molecule has 0 bridgehead atoms. The van der Waals surface area contributed by atoms with Crippen molar-refractivity contribution >= 4 is 23.0 Å². The van der Waals surface area contributed by atoms with Gasteiger partial charge in [-0.25, -0.2) is 4.79 Å². The first-order valence-electron chi connectivity index (χ1n) is 4.14. The van der Waals surface area contributed by atoms with Crippen LogP contribution in [0.4, 0.5) is 0 Å². The maximum Gasteiger partial charge on any atom is 0.328 e. The first kappa shape index (κ1) is 8.56. The van der Waals surface area contributed by atoms with Gasteiger partial charge in [-0.2, -0.15) is 0 Å². The smallest absolute Gasteiger partial charge is 0.328 e. The second-order valence-electron chi connectivity index (χ2n) is 2.89. The summed E-state index contributed by atoms with van der Waals surface area (Å²) in [5.74, 6) is -0.954. The van der Waals surface area contributed by atoms with E-state index in [1.165, 1.54) is 6.08 Å². The molecule has 0 radical (unpaired) electrons. The van der Waals surface area contributed by atoms with Gasteiger partial charge in [0.1, 0.15) is 5.58 Å². The van der Waals surface area contributed by atoms with Gasteiger partial charge in [-0.15, -0.1) is 0 Å². The van der Waals surface area contributed by atoms with Crippen LogP contribution in [0.2, 0.25) is 0 Å². The van der Waals surface area contributed by atoms with Gasteiger partial charge in [-0.05, 0) is 23.8 Å². The summed E-state index contributed by atoms with van der Waals surface area (Å²) in [7, 11) is 0. The molecule has 1 aromatic heterocycles. The first-order valence-corrected chi connectivity index (χ1v) is 4.14. The molecule has 0 unspecified atom stereocenters. The highest BCUT2D eigenvalue weighted by atomic mass is 16.4. The van der Waals surface area contributed by atoms with Crippen LogP contribution in [-0.2, 0) is 4.79 Å². The average Bonchev–Trinajstić information content (AvgIpc) is 2.61. The van der Waals surface area contributed by atoms with Crippen molar-refractivity contribution in [1.29, 1.82) is 0 Å². The van der Waals surface area contributed by atoms with Crippen molar-refractivity contribution in [2.24, 2.45) is 0 Å². The van der Waals surface area contributed by atoms with Crippen molar-refractivity contribution < 1.29 is 14.3 Å². The monoisotopic (exact) mass is 188 g/mol. The van der Waals surface area contributed by atoms with E-state index in [9.17, 15) is 4.79 Å². The van der Waals surface area contributed by atoms with Gasteiger partial charge in [-0.1, -0.05) is 12.1 Å². The number of carboxylic acids is 1. The van der Waals surface area contributed by atoms with Crippen molar-refractivity contribution in [2.45, 2.75) is 0 Å². The van der Waals surface area contributed by atoms with Gasteiger partial charge in [0.25, 0.3) is 0 Å². The molecule has 70 valence electrons. The molecule has 0 aliphatic heterocycles. The lowest BCUT2D eigenvalue weighted by molar-refractivity contribution is -0.131. The van der Waals surface area contributed by atoms with Crippen LogP contribution >= 0.6 is 0 Å². The van der Waals surface area contributed by atoms with Crippen LogP contribution in [0.5, 0.6) is 0 Å². The number of rotatable bonds is 2. The molecule has 0 fully saturated rings. The van der Waals surface area contributed by atoms with E-state index < -0.39 is 5.97 Å². The normalized spacial score (nSPS) is 11.1. The number of aliphatic carboxylic acids is 1. The van der Waals surface area contributed by atoms with E-state index in [-0.39, 0.29) is 0 Å². The van der Waals surface area contributed by atoms with E-state index in [2.05, 4.69) is 0 Å². The van der Waals surface area contributed by atoms with Gasteiger partial charge in [0, 0.05) is 11.5 Å². The quantitative estimate of drug-likeness (QED) is 0.736. The second-order valence-corrected chi connectivity index (χ2v) is 2.89. The molecular formula is C11H8O3. The predicted molar refractivity (Wildman–Crippen MR) is 52.9 cm³/mol. The number of hydrogen-bond acceptors (Lipinski definition) is 2. The largest absolute Gasteiger partial charge is 0.478 e. The molecular weight excluding hydrogens is 180 g/mol. The van der Waals surface area contributed by atoms with Crippen molar-refractivity contribution in [3.8, 4) is 0 Å². The van der Waals surface area contributed by atoms with Crippen LogP contribution in [-0.4, -0.2) is 11.1 Å². The Labute approximate surface area is 80.3 Å². The number of fused-ring (bicyclic) bond motifs is 1. The molecule has 0 atom stereocenters. The Morgan fingerprint density at radius 2 is 2.21 bits per heavy atom. The van der Waals surface area contributed by atoms with Crippen LogP contribution in [0.1, 0.15) is 5.56 Å². The first-order chi connectivity index (χ1) is 6.75. The molecule has 0 amide bonds. The summed E-state index contributed by atoms with van der Waals surface area (Å²) in [5.41, 5.74) is 1.58. The molecule has 0 aliphatic rings. The summed E-state index contributed by atoms with van der Waals surface area (Å²) < 4.78 is 5.18. The van der Waals surface area contributed by atoms with Crippen LogP contribution < -0.4 is 0 Å². The summed E-state index contributed by atoms with van der Waals surface area (Å²) in [6, 6.07) is 7.40. The predicted octanol–water partition coefficient (Wildman–Crippen LogP) is 2.53. The Hall–Kier alpha value is -2.03. The van der Waals surface area contributed by atoms with E-state index in [0.717, 1.165) is 22.6 Å². The third-order valence-corrected chi connectivity index (χ3v) is 1.90. The Bertz CT molecular complexity index is 494. The summed E-state index contributed by atoms with van der Waals surface area (Å²) in [4.78, 5) is 10.3. The highest BCUT2D eigenvalue weighted by Gasteiger charge is 1.96. The third kappa shape index (κ3) is 1.66. The number of carbonyl (C=O) groups is 1. The van der Waals surface area contributed by atoms with Crippen molar-refractivity contribution in [3.63, 3.8) is 0 Å². The fourth-order valence-corrected chi connectivity index (χ4v) is 1.24. The summed E-state index contributed by atoms with van der Waals surface area (Å²) in [6.45, 7) is 0. The van der Waals surface area contributed by atoms with Gasteiger partial charge >= 0.3 is 5.97 Å². The van der Waals surface area contributed by atoms with Crippen LogP contribution in [0.15, 0.2) is 41.0 Å². The SMILES string of the molecule is O=C(O)/C=C/c1ccc2ccoc2c1. The molecule has 0 spiro atoms. The molecule has 1 aromatic carbocycles. The Morgan fingerprint density at radius 1 is 1.36 bits per heavy atom. The van der Waals surface area contributed by atoms with E-state index in [0.29, 0.717) is 0 Å². The topological polar surface area (TPSA) is 50.4 Å². The highest BCUT2D eigenvalue weighted by molar-refractivity contribution is 5.87. The molecule has 3 heteroatoms. The average molecular weight is 188 g/mol. The lowest BCUT2D eigenvalue weighted by Gasteiger charge is -1.92. The Morgan fingerprint density at radius 3 is 3.00 bits per heavy atom. The van der Waals surface area contributed by atoms with E-state index in [1.54, 1.807) is 12.3 Å². The summed E-state index contributed by atoms with van der Waals surface area (Å²) in [6.07, 6.45) is 4.24. The van der Waals surface area contributed by atoms with Crippen LogP contribution in [0.3, 0.4) is 0 Å². The maximum absolute atomic E-state index is 10.3. The van der Waals surface area contributed by atoms with Gasteiger partial charge < -0.3 is 9.52 Å². The molecule has 0 saturated heterocycles. The molecule has 2 rings (SSSR count). The molecule has 0 aliphatic carbocycles. The molecule has 2 aromatic rings. The van der Waals surface area contributed by atoms with Crippen molar-refractivity contribution in [2.75, 3.05) is 0 Å². The molecule has 1 heterocycles.